The summed E-state index contributed by atoms with van der Waals surface area (Å²) >= 11 is 0. The summed E-state index contributed by atoms with van der Waals surface area (Å²) in [4.78, 5) is 17.0. The molecular weight excluding hydrogens is 316 g/mol. The van der Waals surface area contributed by atoms with Gasteiger partial charge < -0.3 is 9.84 Å². The van der Waals surface area contributed by atoms with E-state index in [0.717, 1.165) is 22.5 Å². The van der Waals surface area contributed by atoms with Crippen molar-refractivity contribution in [2.75, 3.05) is 5.32 Å². The van der Waals surface area contributed by atoms with Crippen LogP contribution in [-0.4, -0.2) is 20.6 Å². The lowest BCUT2D eigenvalue weighted by Crippen LogP contribution is -2.12. The molecule has 25 heavy (non-hydrogen) atoms. The van der Waals surface area contributed by atoms with Crippen LogP contribution < -0.4 is 5.32 Å². The molecule has 0 saturated heterocycles. The number of nitrogens with zero attached hydrogens (tertiary/aromatic N) is 3. The number of aromatic nitrogens is 3. The highest BCUT2D eigenvalue weighted by molar-refractivity contribution is 6.05. The Balaban J connectivity index is 1.71. The zero-order valence-corrected chi connectivity index (χ0v) is 13.9. The van der Waals surface area contributed by atoms with Crippen LogP contribution in [-0.2, 0) is 0 Å². The van der Waals surface area contributed by atoms with Crippen LogP contribution in [0.25, 0.3) is 16.7 Å². The van der Waals surface area contributed by atoms with Crippen LogP contribution in [0.15, 0.2) is 59.1 Å². The van der Waals surface area contributed by atoms with Crippen molar-refractivity contribution in [2.24, 2.45) is 0 Å². The van der Waals surface area contributed by atoms with Crippen LogP contribution in [0.4, 0.5) is 5.82 Å². The summed E-state index contributed by atoms with van der Waals surface area (Å²) < 4.78 is 7.03. The summed E-state index contributed by atoms with van der Waals surface area (Å²) in [6.07, 6.45) is 0. The standard InChI is InChI=1S/C19H16N4O2/c1-12-10-18(22-25-12)21-19(24)14-8-9-17-16(11-14)20-13(2)23(17)15-6-4-3-5-7-15/h3-11H,1-2H3,(H,21,22,24). The zero-order chi connectivity index (χ0) is 17.4. The van der Waals surface area contributed by atoms with Gasteiger partial charge in [-0.1, -0.05) is 23.4 Å². The topological polar surface area (TPSA) is 73.0 Å². The minimum atomic E-state index is -0.248. The highest BCUT2D eigenvalue weighted by Gasteiger charge is 2.13. The van der Waals surface area contributed by atoms with Crippen molar-refractivity contribution in [1.82, 2.24) is 14.7 Å². The summed E-state index contributed by atoms with van der Waals surface area (Å²) in [6.45, 7) is 3.72. The second kappa shape index (κ2) is 5.90. The number of aryl methyl sites for hydroxylation is 2. The van der Waals surface area contributed by atoms with E-state index in [-0.39, 0.29) is 5.91 Å². The van der Waals surface area contributed by atoms with Gasteiger partial charge in [-0.2, -0.15) is 0 Å². The van der Waals surface area contributed by atoms with Crippen molar-refractivity contribution in [3.63, 3.8) is 0 Å². The number of hydrogen-bond donors (Lipinski definition) is 1. The van der Waals surface area contributed by atoms with E-state index in [9.17, 15) is 4.79 Å². The number of carbonyl (C=O) groups excluding carboxylic acids is 1. The van der Waals surface area contributed by atoms with E-state index in [4.69, 9.17) is 4.52 Å². The number of amides is 1. The second-order valence-corrected chi connectivity index (χ2v) is 5.81. The summed E-state index contributed by atoms with van der Waals surface area (Å²) in [5.74, 6) is 1.66. The molecule has 0 fully saturated rings. The third kappa shape index (κ3) is 2.78. The van der Waals surface area contributed by atoms with E-state index in [1.807, 2.05) is 43.3 Å². The highest BCUT2D eigenvalue weighted by atomic mass is 16.5. The summed E-state index contributed by atoms with van der Waals surface area (Å²) in [5, 5.41) is 6.49. The van der Waals surface area contributed by atoms with Crippen molar-refractivity contribution in [2.45, 2.75) is 13.8 Å². The van der Waals surface area contributed by atoms with Crippen molar-refractivity contribution >= 4 is 22.8 Å². The first-order valence-corrected chi connectivity index (χ1v) is 7.91. The van der Waals surface area contributed by atoms with Gasteiger partial charge in [-0.15, -0.1) is 0 Å². The summed E-state index contributed by atoms with van der Waals surface area (Å²) in [7, 11) is 0. The number of imidazole rings is 1. The van der Waals surface area contributed by atoms with Crippen molar-refractivity contribution in [3.05, 3.63) is 71.7 Å². The summed E-state index contributed by atoms with van der Waals surface area (Å²) in [6, 6.07) is 17.2. The molecule has 0 aliphatic carbocycles. The molecule has 6 heteroatoms. The van der Waals surface area contributed by atoms with Crippen LogP contribution >= 0.6 is 0 Å². The maximum Gasteiger partial charge on any atom is 0.256 e. The average molecular weight is 332 g/mol. The number of anilines is 1. The monoisotopic (exact) mass is 332 g/mol. The van der Waals surface area contributed by atoms with Crippen LogP contribution in [0, 0.1) is 13.8 Å². The molecule has 124 valence electrons. The SMILES string of the molecule is Cc1cc(NC(=O)c2ccc3c(c2)nc(C)n3-c2ccccc2)no1. The molecule has 0 aliphatic rings. The molecule has 0 radical (unpaired) electrons. The van der Waals surface area contributed by atoms with Crippen LogP contribution in [0.3, 0.4) is 0 Å². The van der Waals surface area contributed by atoms with E-state index in [0.29, 0.717) is 17.1 Å². The molecule has 4 aromatic rings. The maximum absolute atomic E-state index is 12.4. The van der Waals surface area contributed by atoms with E-state index in [1.54, 1.807) is 25.1 Å². The lowest BCUT2D eigenvalue weighted by Gasteiger charge is -2.07. The molecule has 2 aromatic carbocycles. The van der Waals surface area contributed by atoms with Crippen LogP contribution in [0.2, 0.25) is 0 Å². The normalized spacial score (nSPS) is 11.0. The molecule has 1 N–H and O–H groups in total. The number of para-hydroxylation sites is 1. The van der Waals surface area contributed by atoms with Gasteiger partial charge in [-0.05, 0) is 44.2 Å². The molecule has 0 saturated carbocycles. The van der Waals surface area contributed by atoms with E-state index >= 15 is 0 Å². The minimum Gasteiger partial charge on any atom is -0.360 e. The Morgan fingerprint density at radius 2 is 1.88 bits per heavy atom. The molecule has 0 unspecified atom stereocenters. The van der Waals surface area contributed by atoms with Gasteiger partial charge in [0.05, 0.1) is 11.0 Å². The Morgan fingerprint density at radius 1 is 1.08 bits per heavy atom. The number of carbonyl (C=O) groups is 1. The molecule has 2 heterocycles. The lowest BCUT2D eigenvalue weighted by atomic mass is 10.2. The number of nitrogens with one attached hydrogen (secondary N) is 1. The first-order chi connectivity index (χ1) is 12.1. The minimum absolute atomic E-state index is 0.248. The fourth-order valence-electron chi connectivity index (χ4n) is 2.86. The zero-order valence-electron chi connectivity index (χ0n) is 13.9. The summed E-state index contributed by atoms with van der Waals surface area (Å²) in [5.41, 5.74) is 3.28. The van der Waals surface area contributed by atoms with Gasteiger partial charge in [-0.3, -0.25) is 9.36 Å². The van der Waals surface area contributed by atoms with Crippen LogP contribution in [0.5, 0.6) is 0 Å². The van der Waals surface area contributed by atoms with Gasteiger partial charge in [-0.25, -0.2) is 4.98 Å². The Hall–Kier alpha value is -3.41. The molecule has 4 rings (SSSR count). The first kappa shape index (κ1) is 15.1. The van der Waals surface area contributed by atoms with Gasteiger partial charge in [0.2, 0.25) is 0 Å². The molecule has 0 spiro atoms. The average Bonchev–Trinajstić information content (AvgIpc) is 3.16. The Kier molecular flexibility index (Phi) is 3.57. The van der Waals surface area contributed by atoms with Crippen molar-refractivity contribution in [1.29, 1.82) is 0 Å². The molecule has 2 aromatic heterocycles. The smallest absolute Gasteiger partial charge is 0.256 e. The first-order valence-electron chi connectivity index (χ1n) is 7.91. The number of hydrogen-bond acceptors (Lipinski definition) is 4. The lowest BCUT2D eigenvalue weighted by molar-refractivity contribution is 0.102. The van der Waals surface area contributed by atoms with Gasteiger partial charge in [0.25, 0.3) is 5.91 Å². The molecule has 6 nitrogen and oxygen atoms in total. The Morgan fingerprint density at radius 3 is 2.60 bits per heavy atom. The Bertz CT molecular complexity index is 1060. The fraction of sp³-hybridized carbons (Fsp3) is 0.105. The predicted molar refractivity (Wildman–Crippen MR) is 95.0 cm³/mol. The van der Waals surface area contributed by atoms with Gasteiger partial charge in [0.15, 0.2) is 5.82 Å². The highest BCUT2D eigenvalue weighted by Crippen LogP contribution is 2.22. The largest absolute Gasteiger partial charge is 0.360 e. The quantitative estimate of drug-likeness (QED) is 0.618. The van der Waals surface area contributed by atoms with Gasteiger partial charge in [0.1, 0.15) is 11.6 Å². The maximum atomic E-state index is 12.4. The molecule has 0 bridgehead atoms. The van der Waals surface area contributed by atoms with E-state index in [2.05, 4.69) is 20.0 Å². The number of fused-ring (bicyclic) bond motifs is 1. The van der Waals surface area contributed by atoms with Crippen LogP contribution in [0.1, 0.15) is 21.9 Å². The van der Waals surface area contributed by atoms with E-state index in [1.165, 1.54) is 0 Å². The fourth-order valence-corrected chi connectivity index (χ4v) is 2.86. The third-order valence-electron chi connectivity index (χ3n) is 3.97. The second-order valence-electron chi connectivity index (χ2n) is 5.81. The molecule has 0 aliphatic heterocycles. The predicted octanol–water partition coefficient (Wildman–Crippen LogP) is 3.88. The number of rotatable bonds is 3. The Labute approximate surface area is 144 Å². The molecule has 0 atom stereocenters. The third-order valence-corrected chi connectivity index (χ3v) is 3.97. The number of benzene rings is 2. The molecule has 1 amide bonds. The van der Waals surface area contributed by atoms with Gasteiger partial charge >= 0.3 is 0 Å². The van der Waals surface area contributed by atoms with E-state index < -0.39 is 0 Å². The molecular formula is C19H16N4O2. The van der Waals surface area contributed by atoms with Gasteiger partial charge in [0, 0.05) is 17.3 Å². The van der Waals surface area contributed by atoms with Crippen molar-refractivity contribution in [3.8, 4) is 5.69 Å². The van der Waals surface area contributed by atoms with Crippen molar-refractivity contribution < 1.29 is 9.32 Å².